The highest BCUT2D eigenvalue weighted by atomic mass is 16.5. The van der Waals surface area contributed by atoms with Crippen molar-refractivity contribution in [3.63, 3.8) is 0 Å². The average molecular weight is 263 g/mol. The van der Waals surface area contributed by atoms with E-state index in [1.54, 1.807) is 7.11 Å². The molecule has 1 aromatic carbocycles. The van der Waals surface area contributed by atoms with Gasteiger partial charge in [-0.05, 0) is 31.4 Å². The molecule has 0 spiro atoms. The van der Waals surface area contributed by atoms with Gasteiger partial charge in [-0.2, -0.15) is 0 Å². The van der Waals surface area contributed by atoms with Gasteiger partial charge in [-0.15, -0.1) is 0 Å². The lowest BCUT2D eigenvalue weighted by Gasteiger charge is -2.21. The molecule has 0 saturated heterocycles. The van der Waals surface area contributed by atoms with Gasteiger partial charge >= 0.3 is 0 Å². The topological polar surface area (TPSA) is 21.3 Å². The molecule has 2 nitrogen and oxygen atoms in total. The molecule has 1 rings (SSSR count). The molecule has 0 fully saturated rings. The van der Waals surface area contributed by atoms with E-state index in [1.807, 2.05) is 6.07 Å². The summed E-state index contributed by atoms with van der Waals surface area (Å²) in [5.41, 5.74) is 1.29. The molecule has 1 aromatic rings. The summed E-state index contributed by atoms with van der Waals surface area (Å²) in [5.74, 6) is 1.78. The Morgan fingerprint density at radius 3 is 2.53 bits per heavy atom. The molecule has 2 heteroatoms. The van der Waals surface area contributed by atoms with Gasteiger partial charge in [0.2, 0.25) is 0 Å². The minimum atomic E-state index is 0.412. The summed E-state index contributed by atoms with van der Waals surface area (Å²) in [4.78, 5) is 0. The number of hydrogen-bond acceptors (Lipinski definition) is 2. The Kier molecular flexibility index (Phi) is 7.57. The van der Waals surface area contributed by atoms with Crippen LogP contribution in [-0.4, -0.2) is 13.7 Å². The average Bonchev–Trinajstić information content (AvgIpc) is 2.42. The Balaban J connectivity index is 2.71. The van der Waals surface area contributed by atoms with Crippen molar-refractivity contribution >= 4 is 0 Å². The van der Waals surface area contributed by atoms with Gasteiger partial charge in [-0.25, -0.2) is 0 Å². The van der Waals surface area contributed by atoms with E-state index in [1.165, 1.54) is 24.8 Å². The number of methoxy groups -OCH3 is 1. The molecule has 1 unspecified atom stereocenters. The quantitative estimate of drug-likeness (QED) is 0.705. The largest absolute Gasteiger partial charge is 0.496 e. The number of benzene rings is 1. The van der Waals surface area contributed by atoms with E-state index in [4.69, 9.17) is 4.74 Å². The molecule has 0 aliphatic heterocycles. The van der Waals surface area contributed by atoms with E-state index in [-0.39, 0.29) is 0 Å². The highest BCUT2D eigenvalue weighted by molar-refractivity contribution is 5.35. The Bertz CT molecular complexity index is 349. The number of nitrogens with one attached hydrogen (secondary N) is 1. The molecule has 0 saturated carbocycles. The van der Waals surface area contributed by atoms with Crippen LogP contribution in [0.1, 0.15) is 58.1 Å². The maximum Gasteiger partial charge on any atom is 0.123 e. The van der Waals surface area contributed by atoms with E-state index in [0.29, 0.717) is 6.04 Å². The van der Waals surface area contributed by atoms with E-state index in [0.717, 1.165) is 24.6 Å². The molecular formula is C17H29NO. The minimum Gasteiger partial charge on any atom is -0.496 e. The Labute approximate surface area is 118 Å². The fourth-order valence-electron chi connectivity index (χ4n) is 2.37. The van der Waals surface area contributed by atoms with Crippen LogP contribution in [0.2, 0.25) is 0 Å². The van der Waals surface area contributed by atoms with Gasteiger partial charge in [0.05, 0.1) is 7.11 Å². The lowest BCUT2D eigenvalue weighted by Crippen LogP contribution is -2.22. The first-order chi connectivity index (χ1) is 9.19. The van der Waals surface area contributed by atoms with Crippen LogP contribution in [0.15, 0.2) is 24.3 Å². The first kappa shape index (κ1) is 16.0. The molecule has 0 radical (unpaired) electrons. The first-order valence-corrected chi connectivity index (χ1v) is 7.55. The second-order valence-corrected chi connectivity index (χ2v) is 5.57. The van der Waals surface area contributed by atoms with E-state index in [9.17, 15) is 0 Å². The van der Waals surface area contributed by atoms with Gasteiger partial charge in [-0.1, -0.05) is 51.8 Å². The molecule has 0 aliphatic carbocycles. The maximum atomic E-state index is 5.49. The van der Waals surface area contributed by atoms with E-state index < -0.39 is 0 Å². The summed E-state index contributed by atoms with van der Waals surface area (Å²) < 4.78 is 5.49. The summed E-state index contributed by atoms with van der Waals surface area (Å²) in [5, 5.41) is 3.65. The number of rotatable bonds is 9. The van der Waals surface area contributed by atoms with Crippen molar-refractivity contribution in [3.05, 3.63) is 29.8 Å². The Morgan fingerprint density at radius 1 is 1.16 bits per heavy atom. The Hall–Kier alpha value is -1.02. The predicted octanol–water partition coefficient (Wildman–Crippen LogP) is 4.56. The molecule has 108 valence electrons. The molecule has 0 amide bonds. The lowest BCUT2D eigenvalue weighted by atomic mass is 9.97. The molecular weight excluding hydrogens is 234 g/mol. The Morgan fingerprint density at radius 2 is 1.89 bits per heavy atom. The first-order valence-electron chi connectivity index (χ1n) is 7.55. The second kappa shape index (κ2) is 8.98. The van der Waals surface area contributed by atoms with Gasteiger partial charge < -0.3 is 10.1 Å². The van der Waals surface area contributed by atoms with Crippen molar-refractivity contribution in [2.45, 2.75) is 52.5 Å². The summed E-state index contributed by atoms with van der Waals surface area (Å²) >= 11 is 0. The number of hydrogen-bond donors (Lipinski definition) is 1. The monoisotopic (exact) mass is 263 g/mol. The normalized spacial score (nSPS) is 12.7. The summed E-state index contributed by atoms with van der Waals surface area (Å²) in [7, 11) is 1.75. The third kappa shape index (κ3) is 5.65. The third-order valence-corrected chi connectivity index (χ3v) is 3.43. The van der Waals surface area contributed by atoms with Gasteiger partial charge in [0.25, 0.3) is 0 Å². The molecule has 0 aliphatic rings. The van der Waals surface area contributed by atoms with Crippen molar-refractivity contribution in [1.82, 2.24) is 5.32 Å². The predicted molar refractivity (Wildman–Crippen MR) is 82.7 cm³/mol. The van der Waals surface area contributed by atoms with Crippen molar-refractivity contribution in [1.29, 1.82) is 0 Å². The standard InChI is InChI=1S/C17H29NO/c1-5-13-18-16(11-8-9-14(2)3)15-10-6-7-12-17(15)19-4/h6-7,10,12,14,16,18H,5,8-9,11,13H2,1-4H3. The zero-order valence-corrected chi connectivity index (χ0v) is 12.9. The number of ether oxygens (including phenoxy) is 1. The smallest absolute Gasteiger partial charge is 0.123 e. The zero-order valence-electron chi connectivity index (χ0n) is 12.9. The van der Waals surface area contributed by atoms with Crippen molar-refractivity contribution in [3.8, 4) is 5.75 Å². The van der Waals surface area contributed by atoms with Crippen molar-refractivity contribution in [2.24, 2.45) is 5.92 Å². The van der Waals surface area contributed by atoms with E-state index in [2.05, 4.69) is 44.3 Å². The summed E-state index contributed by atoms with van der Waals surface area (Å²) in [6.45, 7) is 7.85. The van der Waals surface area contributed by atoms with Gasteiger partial charge in [0.15, 0.2) is 0 Å². The fraction of sp³-hybridized carbons (Fsp3) is 0.647. The van der Waals surface area contributed by atoms with Crippen molar-refractivity contribution < 1.29 is 4.74 Å². The molecule has 19 heavy (non-hydrogen) atoms. The van der Waals surface area contributed by atoms with Crippen LogP contribution in [0.25, 0.3) is 0 Å². The molecule has 0 heterocycles. The SMILES string of the molecule is CCCNC(CCCC(C)C)c1ccccc1OC. The molecule has 1 N–H and O–H groups in total. The molecule has 1 atom stereocenters. The van der Waals surface area contributed by atoms with Crippen LogP contribution < -0.4 is 10.1 Å². The fourth-order valence-corrected chi connectivity index (χ4v) is 2.37. The summed E-state index contributed by atoms with van der Waals surface area (Å²) in [6.07, 6.45) is 4.89. The van der Waals surface area contributed by atoms with Gasteiger partial charge in [0.1, 0.15) is 5.75 Å². The van der Waals surface area contributed by atoms with Crippen LogP contribution in [0, 0.1) is 5.92 Å². The minimum absolute atomic E-state index is 0.412. The zero-order chi connectivity index (χ0) is 14.1. The highest BCUT2D eigenvalue weighted by Crippen LogP contribution is 2.28. The third-order valence-electron chi connectivity index (χ3n) is 3.43. The van der Waals surface area contributed by atoms with Crippen LogP contribution in [0.3, 0.4) is 0 Å². The van der Waals surface area contributed by atoms with Gasteiger partial charge in [-0.3, -0.25) is 0 Å². The summed E-state index contributed by atoms with van der Waals surface area (Å²) in [6, 6.07) is 8.78. The van der Waals surface area contributed by atoms with Crippen LogP contribution >= 0.6 is 0 Å². The number of para-hydroxylation sites is 1. The van der Waals surface area contributed by atoms with Crippen molar-refractivity contribution in [2.75, 3.05) is 13.7 Å². The molecule has 0 aromatic heterocycles. The van der Waals surface area contributed by atoms with Gasteiger partial charge in [0, 0.05) is 11.6 Å². The van der Waals surface area contributed by atoms with E-state index >= 15 is 0 Å². The highest BCUT2D eigenvalue weighted by Gasteiger charge is 2.14. The maximum absolute atomic E-state index is 5.49. The van der Waals surface area contributed by atoms with Crippen LogP contribution in [-0.2, 0) is 0 Å². The second-order valence-electron chi connectivity index (χ2n) is 5.57. The van der Waals surface area contributed by atoms with Crippen LogP contribution in [0.5, 0.6) is 5.75 Å². The van der Waals surface area contributed by atoms with Crippen LogP contribution in [0.4, 0.5) is 0 Å². The molecule has 0 bridgehead atoms. The lowest BCUT2D eigenvalue weighted by molar-refractivity contribution is 0.388.